The molecule has 3 nitrogen and oxygen atoms in total. The first-order valence-corrected chi connectivity index (χ1v) is 6.66. The van der Waals surface area contributed by atoms with Crippen molar-refractivity contribution in [2.45, 2.75) is 13.0 Å². The molecule has 5 heteroatoms. The van der Waals surface area contributed by atoms with Gasteiger partial charge >= 0.3 is 0 Å². The number of halogens is 2. The molecule has 1 aromatic carbocycles. The van der Waals surface area contributed by atoms with Crippen LogP contribution in [-0.2, 0) is 11.3 Å². The van der Waals surface area contributed by atoms with Crippen molar-refractivity contribution in [2.75, 3.05) is 20.1 Å². The van der Waals surface area contributed by atoms with Crippen molar-refractivity contribution in [3.8, 4) is 0 Å². The van der Waals surface area contributed by atoms with Crippen LogP contribution in [0.25, 0.3) is 0 Å². The Balaban J connectivity index is 0.00000162. The summed E-state index contributed by atoms with van der Waals surface area (Å²) in [6, 6.07) is 8.08. The van der Waals surface area contributed by atoms with Crippen molar-refractivity contribution in [2.24, 2.45) is 5.92 Å². The lowest BCUT2D eigenvalue weighted by Gasteiger charge is -2.20. The number of hydrogen-bond donors (Lipinski definition) is 1. The van der Waals surface area contributed by atoms with E-state index in [0.717, 1.165) is 29.5 Å². The molecule has 0 bridgehead atoms. The van der Waals surface area contributed by atoms with E-state index in [2.05, 4.69) is 27.3 Å². The number of amides is 1. The number of rotatable bonds is 3. The van der Waals surface area contributed by atoms with Crippen LogP contribution in [-0.4, -0.2) is 30.9 Å². The number of carbonyl (C=O) groups excluding carboxylic acids is 1. The molecule has 1 amide bonds. The van der Waals surface area contributed by atoms with Gasteiger partial charge < -0.3 is 10.2 Å². The smallest absolute Gasteiger partial charge is 0.227 e. The van der Waals surface area contributed by atoms with Crippen molar-refractivity contribution < 1.29 is 4.79 Å². The SMILES string of the molecule is CN(Cc1cccc(Br)c1)C(=O)C1CCNC1.Cl. The van der Waals surface area contributed by atoms with Crippen LogP contribution in [0.3, 0.4) is 0 Å². The molecule has 1 saturated heterocycles. The van der Waals surface area contributed by atoms with Gasteiger partial charge in [-0.2, -0.15) is 0 Å². The van der Waals surface area contributed by atoms with Gasteiger partial charge in [0.2, 0.25) is 5.91 Å². The lowest BCUT2D eigenvalue weighted by molar-refractivity contribution is -0.134. The molecule has 1 aliphatic rings. The zero-order chi connectivity index (χ0) is 12.3. The Morgan fingerprint density at radius 2 is 2.33 bits per heavy atom. The summed E-state index contributed by atoms with van der Waals surface area (Å²) in [5, 5.41) is 3.23. The van der Waals surface area contributed by atoms with E-state index in [-0.39, 0.29) is 24.2 Å². The van der Waals surface area contributed by atoms with Crippen LogP contribution in [0.1, 0.15) is 12.0 Å². The van der Waals surface area contributed by atoms with Gasteiger partial charge in [0.25, 0.3) is 0 Å². The number of benzene rings is 1. The van der Waals surface area contributed by atoms with Crippen LogP contribution in [0.2, 0.25) is 0 Å². The highest BCUT2D eigenvalue weighted by Crippen LogP contribution is 2.15. The Labute approximate surface area is 122 Å². The van der Waals surface area contributed by atoms with Gasteiger partial charge in [0.15, 0.2) is 0 Å². The van der Waals surface area contributed by atoms with Gasteiger partial charge in [0.1, 0.15) is 0 Å². The molecule has 0 aromatic heterocycles. The zero-order valence-corrected chi connectivity index (χ0v) is 12.8. The summed E-state index contributed by atoms with van der Waals surface area (Å²) < 4.78 is 1.05. The van der Waals surface area contributed by atoms with E-state index in [4.69, 9.17) is 0 Å². The standard InChI is InChI=1S/C13H17BrN2O.ClH/c1-16(13(17)11-5-6-15-8-11)9-10-3-2-4-12(14)7-10;/h2-4,7,11,15H,5-6,8-9H2,1H3;1H. The molecule has 1 aliphatic heterocycles. The monoisotopic (exact) mass is 332 g/mol. The molecule has 0 spiro atoms. The maximum atomic E-state index is 12.1. The minimum absolute atomic E-state index is 0. The molecule has 1 atom stereocenters. The maximum Gasteiger partial charge on any atom is 0.227 e. The van der Waals surface area contributed by atoms with E-state index in [1.54, 1.807) is 0 Å². The largest absolute Gasteiger partial charge is 0.341 e. The number of carbonyl (C=O) groups is 1. The van der Waals surface area contributed by atoms with Crippen LogP contribution in [0.4, 0.5) is 0 Å². The fourth-order valence-corrected chi connectivity index (χ4v) is 2.61. The highest BCUT2D eigenvalue weighted by atomic mass is 79.9. The second-order valence-corrected chi connectivity index (χ2v) is 5.43. The van der Waals surface area contributed by atoms with Gasteiger partial charge in [-0.05, 0) is 30.7 Å². The van der Waals surface area contributed by atoms with E-state index < -0.39 is 0 Å². The summed E-state index contributed by atoms with van der Waals surface area (Å²) >= 11 is 3.44. The minimum Gasteiger partial charge on any atom is -0.341 e. The molecule has 0 aliphatic carbocycles. The number of hydrogen-bond acceptors (Lipinski definition) is 2. The van der Waals surface area contributed by atoms with Gasteiger partial charge in [-0.3, -0.25) is 4.79 Å². The first-order valence-electron chi connectivity index (χ1n) is 5.87. The molecule has 18 heavy (non-hydrogen) atoms. The second kappa shape index (κ2) is 7.12. The molecular formula is C13H18BrClN2O. The highest BCUT2D eigenvalue weighted by Gasteiger charge is 2.25. The Hall–Kier alpha value is -0.580. The van der Waals surface area contributed by atoms with Crippen molar-refractivity contribution in [1.29, 1.82) is 0 Å². The third-order valence-corrected chi connectivity index (χ3v) is 3.59. The highest BCUT2D eigenvalue weighted by molar-refractivity contribution is 9.10. The van der Waals surface area contributed by atoms with Crippen molar-refractivity contribution >= 4 is 34.2 Å². The molecule has 0 radical (unpaired) electrons. The summed E-state index contributed by atoms with van der Waals surface area (Å²) in [5.74, 6) is 0.405. The Morgan fingerprint density at radius 1 is 1.56 bits per heavy atom. The van der Waals surface area contributed by atoms with E-state index in [1.165, 1.54) is 0 Å². The molecular weight excluding hydrogens is 316 g/mol. The molecule has 0 saturated carbocycles. The van der Waals surface area contributed by atoms with Crippen LogP contribution < -0.4 is 5.32 Å². The van der Waals surface area contributed by atoms with E-state index in [9.17, 15) is 4.79 Å². The number of nitrogens with zero attached hydrogens (tertiary/aromatic N) is 1. The quantitative estimate of drug-likeness (QED) is 0.921. The van der Waals surface area contributed by atoms with Gasteiger partial charge in [0, 0.05) is 24.6 Å². The van der Waals surface area contributed by atoms with Gasteiger partial charge in [-0.25, -0.2) is 0 Å². The molecule has 2 rings (SSSR count). The van der Waals surface area contributed by atoms with Crippen molar-refractivity contribution in [3.63, 3.8) is 0 Å². The third kappa shape index (κ3) is 3.97. The van der Waals surface area contributed by atoms with Crippen molar-refractivity contribution in [1.82, 2.24) is 10.2 Å². The predicted octanol–water partition coefficient (Wildman–Crippen LogP) is 2.44. The minimum atomic E-state index is 0. The molecule has 100 valence electrons. The fourth-order valence-electron chi connectivity index (χ4n) is 2.16. The fraction of sp³-hybridized carbons (Fsp3) is 0.462. The van der Waals surface area contributed by atoms with Crippen LogP contribution in [0.5, 0.6) is 0 Å². The Bertz CT molecular complexity index is 408. The normalized spacial score (nSPS) is 18.2. The molecule has 1 fully saturated rings. The summed E-state index contributed by atoms with van der Waals surface area (Å²) in [5.41, 5.74) is 1.15. The summed E-state index contributed by atoms with van der Waals surface area (Å²) in [6.45, 7) is 2.46. The average molecular weight is 334 g/mol. The zero-order valence-electron chi connectivity index (χ0n) is 10.4. The summed E-state index contributed by atoms with van der Waals surface area (Å²) in [7, 11) is 1.88. The average Bonchev–Trinajstić information content (AvgIpc) is 2.81. The topological polar surface area (TPSA) is 32.3 Å². The molecule has 1 unspecified atom stereocenters. The summed E-state index contributed by atoms with van der Waals surface area (Å²) in [6.07, 6.45) is 0.960. The van der Waals surface area contributed by atoms with Gasteiger partial charge in [-0.15, -0.1) is 12.4 Å². The molecule has 1 aromatic rings. The van der Waals surface area contributed by atoms with E-state index >= 15 is 0 Å². The first kappa shape index (κ1) is 15.5. The van der Waals surface area contributed by atoms with Crippen LogP contribution in [0.15, 0.2) is 28.7 Å². The maximum absolute atomic E-state index is 12.1. The van der Waals surface area contributed by atoms with Gasteiger partial charge in [-0.1, -0.05) is 28.1 Å². The lowest BCUT2D eigenvalue weighted by atomic mass is 10.1. The Kier molecular flexibility index (Phi) is 6.12. The van der Waals surface area contributed by atoms with E-state index in [1.807, 2.05) is 30.1 Å². The lowest BCUT2D eigenvalue weighted by Crippen LogP contribution is -2.33. The molecule has 1 heterocycles. The van der Waals surface area contributed by atoms with Crippen molar-refractivity contribution in [3.05, 3.63) is 34.3 Å². The summed E-state index contributed by atoms with van der Waals surface area (Å²) in [4.78, 5) is 13.9. The second-order valence-electron chi connectivity index (χ2n) is 4.51. The number of nitrogens with one attached hydrogen (secondary N) is 1. The first-order chi connectivity index (χ1) is 8.16. The predicted molar refractivity (Wildman–Crippen MR) is 78.8 cm³/mol. The molecule has 1 N–H and O–H groups in total. The van der Waals surface area contributed by atoms with Crippen LogP contribution in [0, 0.1) is 5.92 Å². The third-order valence-electron chi connectivity index (χ3n) is 3.09. The Morgan fingerprint density at radius 3 is 2.94 bits per heavy atom. The van der Waals surface area contributed by atoms with Gasteiger partial charge in [0.05, 0.1) is 5.92 Å². The van der Waals surface area contributed by atoms with Crippen LogP contribution >= 0.6 is 28.3 Å². The van der Waals surface area contributed by atoms with E-state index in [0.29, 0.717) is 6.54 Å².